The highest BCUT2D eigenvalue weighted by Crippen LogP contribution is 2.37. The van der Waals surface area contributed by atoms with E-state index in [1.54, 1.807) is 0 Å². The summed E-state index contributed by atoms with van der Waals surface area (Å²) in [5, 5.41) is 7.11. The van der Waals surface area contributed by atoms with Gasteiger partial charge in [-0.3, -0.25) is 4.79 Å². The van der Waals surface area contributed by atoms with Crippen LogP contribution < -0.4 is 10.6 Å². The van der Waals surface area contributed by atoms with Gasteiger partial charge in [0, 0.05) is 17.6 Å². The van der Waals surface area contributed by atoms with Gasteiger partial charge in [0.05, 0.1) is 6.04 Å². The van der Waals surface area contributed by atoms with Crippen LogP contribution >= 0.6 is 11.6 Å². The minimum atomic E-state index is -0.119. The fourth-order valence-electron chi connectivity index (χ4n) is 2.62. The molecule has 0 heterocycles. The van der Waals surface area contributed by atoms with Crippen LogP contribution in [0.4, 0.5) is 0 Å². The third kappa shape index (κ3) is 3.97. The van der Waals surface area contributed by atoms with E-state index in [1.165, 1.54) is 5.56 Å². The number of halogens is 1. The highest BCUT2D eigenvalue weighted by molar-refractivity contribution is 6.30. The van der Waals surface area contributed by atoms with Crippen molar-refractivity contribution in [3.63, 3.8) is 0 Å². The van der Waals surface area contributed by atoms with Crippen LogP contribution in [0, 0.1) is 0 Å². The Kier molecular flexibility index (Phi) is 5.44. The lowest BCUT2D eigenvalue weighted by Gasteiger charge is -2.38. The Morgan fingerprint density at radius 1 is 1.45 bits per heavy atom. The van der Waals surface area contributed by atoms with E-state index in [4.69, 9.17) is 11.6 Å². The van der Waals surface area contributed by atoms with Crippen LogP contribution in [0.25, 0.3) is 0 Å². The fraction of sp³-hybridized carbons (Fsp3) is 0.562. The van der Waals surface area contributed by atoms with Gasteiger partial charge in [0.2, 0.25) is 5.91 Å². The lowest BCUT2D eigenvalue weighted by molar-refractivity contribution is -0.123. The van der Waals surface area contributed by atoms with Crippen LogP contribution in [0.1, 0.15) is 44.6 Å². The van der Waals surface area contributed by atoms with E-state index in [2.05, 4.69) is 23.6 Å². The molecule has 1 aliphatic carbocycles. The minimum Gasteiger partial charge on any atom is -0.355 e. The monoisotopic (exact) mass is 294 g/mol. The first-order valence-electron chi connectivity index (χ1n) is 7.39. The third-order valence-electron chi connectivity index (χ3n) is 3.89. The molecule has 2 N–H and O–H groups in total. The Bertz CT molecular complexity index is 458. The first kappa shape index (κ1) is 15.3. The van der Waals surface area contributed by atoms with Crippen molar-refractivity contribution in [2.75, 3.05) is 6.54 Å². The van der Waals surface area contributed by atoms with Crippen LogP contribution in [-0.2, 0) is 4.79 Å². The van der Waals surface area contributed by atoms with Crippen LogP contribution in [0.15, 0.2) is 24.3 Å². The molecule has 1 aromatic carbocycles. The molecule has 1 amide bonds. The van der Waals surface area contributed by atoms with Gasteiger partial charge < -0.3 is 10.6 Å². The zero-order valence-corrected chi connectivity index (χ0v) is 12.9. The standard InChI is InChI=1S/C16H23ClN2O/c1-3-7-18-16(20)11(2)19-15-9-13(10-15)12-5-4-6-14(17)8-12/h4-6,8,11,13,15,19H,3,7,9-10H2,1-2H3,(H,18,20). The number of carbonyl (C=O) groups excluding carboxylic acids is 1. The second-order valence-corrected chi connectivity index (χ2v) is 6.04. The number of nitrogens with one attached hydrogen (secondary N) is 2. The Hall–Kier alpha value is -1.06. The zero-order chi connectivity index (χ0) is 14.5. The molecule has 0 spiro atoms. The molecule has 4 heteroatoms. The molecule has 1 atom stereocenters. The summed E-state index contributed by atoms with van der Waals surface area (Å²) < 4.78 is 0. The molecule has 2 rings (SSSR count). The molecule has 110 valence electrons. The third-order valence-corrected chi connectivity index (χ3v) is 4.12. The van der Waals surface area contributed by atoms with Crippen LogP contribution in [0.2, 0.25) is 5.02 Å². The molecule has 3 nitrogen and oxygen atoms in total. The van der Waals surface area contributed by atoms with E-state index in [9.17, 15) is 4.79 Å². The van der Waals surface area contributed by atoms with Gasteiger partial charge in [0.25, 0.3) is 0 Å². The summed E-state index contributed by atoms with van der Waals surface area (Å²) >= 11 is 6.01. The van der Waals surface area contributed by atoms with E-state index in [-0.39, 0.29) is 11.9 Å². The van der Waals surface area contributed by atoms with Gasteiger partial charge in [0.15, 0.2) is 0 Å². The molecule has 0 saturated heterocycles. The minimum absolute atomic E-state index is 0.0954. The van der Waals surface area contributed by atoms with Crippen LogP contribution in [-0.4, -0.2) is 24.5 Å². The summed E-state index contributed by atoms with van der Waals surface area (Å²) in [6, 6.07) is 8.39. The largest absolute Gasteiger partial charge is 0.355 e. The van der Waals surface area contributed by atoms with E-state index < -0.39 is 0 Å². The van der Waals surface area contributed by atoms with Crippen LogP contribution in [0.3, 0.4) is 0 Å². The summed E-state index contributed by atoms with van der Waals surface area (Å²) in [5.74, 6) is 0.662. The predicted octanol–water partition coefficient (Wildman–Crippen LogP) is 3.09. The average molecular weight is 295 g/mol. The Labute approximate surface area is 126 Å². The molecule has 1 aliphatic rings. The van der Waals surface area contributed by atoms with Crippen molar-refractivity contribution in [1.29, 1.82) is 0 Å². The molecule has 0 aromatic heterocycles. The van der Waals surface area contributed by atoms with Gasteiger partial charge in [-0.1, -0.05) is 30.7 Å². The van der Waals surface area contributed by atoms with Crippen molar-refractivity contribution in [3.8, 4) is 0 Å². The second kappa shape index (κ2) is 7.09. The van der Waals surface area contributed by atoms with Crippen molar-refractivity contribution in [2.24, 2.45) is 0 Å². The predicted molar refractivity (Wildman–Crippen MR) is 83.1 cm³/mol. The number of hydrogen-bond acceptors (Lipinski definition) is 2. The van der Waals surface area contributed by atoms with E-state index >= 15 is 0 Å². The molecule has 0 bridgehead atoms. The van der Waals surface area contributed by atoms with E-state index in [0.717, 1.165) is 30.8 Å². The number of amides is 1. The van der Waals surface area contributed by atoms with Crippen molar-refractivity contribution >= 4 is 17.5 Å². The molecule has 0 radical (unpaired) electrons. The number of carbonyl (C=O) groups is 1. The number of rotatable bonds is 6. The van der Waals surface area contributed by atoms with Crippen molar-refractivity contribution in [2.45, 2.75) is 51.1 Å². The van der Waals surface area contributed by atoms with Crippen molar-refractivity contribution in [3.05, 3.63) is 34.9 Å². The quantitative estimate of drug-likeness (QED) is 0.846. The van der Waals surface area contributed by atoms with E-state index in [1.807, 2.05) is 25.1 Å². The van der Waals surface area contributed by atoms with E-state index in [0.29, 0.717) is 12.0 Å². The van der Waals surface area contributed by atoms with Gasteiger partial charge >= 0.3 is 0 Å². The first-order chi connectivity index (χ1) is 9.60. The van der Waals surface area contributed by atoms with Gasteiger partial charge in [-0.2, -0.15) is 0 Å². The molecule has 1 saturated carbocycles. The van der Waals surface area contributed by atoms with Crippen LogP contribution in [0.5, 0.6) is 0 Å². The SMILES string of the molecule is CCCNC(=O)C(C)NC1CC(c2cccc(Cl)c2)C1. The highest BCUT2D eigenvalue weighted by atomic mass is 35.5. The lowest BCUT2D eigenvalue weighted by atomic mass is 9.75. The number of benzene rings is 1. The molecule has 1 aromatic rings. The van der Waals surface area contributed by atoms with Gasteiger partial charge in [-0.05, 0) is 49.8 Å². The summed E-state index contributed by atoms with van der Waals surface area (Å²) in [5.41, 5.74) is 1.30. The molecular weight excluding hydrogens is 272 g/mol. The number of hydrogen-bond donors (Lipinski definition) is 2. The zero-order valence-electron chi connectivity index (χ0n) is 12.2. The summed E-state index contributed by atoms with van der Waals surface area (Å²) in [6.07, 6.45) is 3.12. The topological polar surface area (TPSA) is 41.1 Å². The Morgan fingerprint density at radius 2 is 2.20 bits per heavy atom. The van der Waals surface area contributed by atoms with Gasteiger partial charge in [0.1, 0.15) is 0 Å². The lowest BCUT2D eigenvalue weighted by Crippen LogP contribution is -2.50. The van der Waals surface area contributed by atoms with Gasteiger partial charge in [-0.15, -0.1) is 0 Å². The molecule has 1 unspecified atom stereocenters. The van der Waals surface area contributed by atoms with Crippen molar-refractivity contribution in [1.82, 2.24) is 10.6 Å². The second-order valence-electron chi connectivity index (χ2n) is 5.60. The molecular formula is C16H23ClN2O. The fourth-order valence-corrected chi connectivity index (χ4v) is 2.82. The normalized spacial score (nSPS) is 22.9. The summed E-state index contributed by atoms with van der Waals surface area (Å²) in [7, 11) is 0. The molecule has 20 heavy (non-hydrogen) atoms. The maximum absolute atomic E-state index is 11.8. The van der Waals surface area contributed by atoms with Gasteiger partial charge in [-0.25, -0.2) is 0 Å². The maximum Gasteiger partial charge on any atom is 0.236 e. The molecule has 0 aliphatic heterocycles. The smallest absolute Gasteiger partial charge is 0.236 e. The summed E-state index contributed by atoms with van der Waals surface area (Å²) in [6.45, 7) is 4.73. The molecule has 1 fully saturated rings. The highest BCUT2D eigenvalue weighted by Gasteiger charge is 2.32. The Morgan fingerprint density at radius 3 is 2.85 bits per heavy atom. The summed E-state index contributed by atoms with van der Waals surface area (Å²) in [4.78, 5) is 11.8. The first-order valence-corrected chi connectivity index (χ1v) is 7.77. The average Bonchev–Trinajstić information content (AvgIpc) is 2.39. The maximum atomic E-state index is 11.8. The Balaban J connectivity index is 1.75. The van der Waals surface area contributed by atoms with Crippen molar-refractivity contribution < 1.29 is 4.79 Å².